The molecule has 0 fully saturated rings. The highest BCUT2D eigenvalue weighted by Gasteiger charge is 2.10. The fraction of sp³-hybridized carbons (Fsp3) is 0. The number of carboxylic acid groups (broad SMARTS) is 1. The van der Waals surface area contributed by atoms with E-state index in [-0.39, 0.29) is 11.3 Å². The molecule has 4 nitrogen and oxygen atoms in total. The predicted octanol–water partition coefficient (Wildman–Crippen LogP) is -0.903. The van der Waals surface area contributed by atoms with Gasteiger partial charge in [-0.3, -0.25) is 0 Å². The maximum absolute atomic E-state index is 10.7. The van der Waals surface area contributed by atoms with Crippen molar-refractivity contribution in [2.75, 3.05) is 5.73 Å². The Labute approximate surface area is 76.0 Å². The second-order valence-corrected chi connectivity index (χ2v) is 2.67. The molecule has 0 atom stereocenters. The van der Waals surface area contributed by atoms with Gasteiger partial charge in [0, 0.05) is 5.69 Å². The number of carboxylic acids is 1. The van der Waals surface area contributed by atoms with E-state index in [4.69, 9.17) is 16.1 Å². The van der Waals surface area contributed by atoms with Gasteiger partial charge >= 0.3 is 5.97 Å². The molecule has 0 aliphatic carbocycles. The minimum atomic E-state index is -1.11. The van der Waals surface area contributed by atoms with Crippen molar-refractivity contribution in [3.05, 3.63) is 23.3 Å². The molecule has 0 aliphatic rings. The number of hydrogen-bond acceptors (Lipinski definition) is 3. The van der Waals surface area contributed by atoms with Crippen LogP contribution in [0.2, 0.25) is 0 Å². The second kappa shape index (κ2) is 3.19. The number of nitrogens with zero attached hydrogens (tertiary/aromatic N) is 1. The van der Waals surface area contributed by atoms with Crippen LogP contribution in [0.5, 0.6) is 0 Å². The Hall–Kier alpha value is -1.96. The lowest BCUT2D eigenvalue weighted by molar-refractivity contribution is 0.0698. The van der Waals surface area contributed by atoms with E-state index in [1.165, 1.54) is 6.07 Å². The summed E-state index contributed by atoms with van der Waals surface area (Å²) in [5.41, 5.74) is 6.63. The molecule has 0 radical (unpaired) electrons. The Kier molecular flexibility index (Phi) is 2.24. The first-order chi connectivity index (χ1) is 6.06. The Morgan fingerprint density at radius 1 is 1.62 bits per heavy atom. The Morgan fingerprint density at radius 3 is 2.69 bits per heavy atom. The predicted molar refractivity (Wildman–Crippen MR) is 50.7 cm³/mol. The van der Waals surface area contributed by atoms with Gasteiger partial charge in [0.25, 0.3) is 0 Å². The first-order valence-electron chi connectivity index (χ1n) is 3.59. The van der Waals surface area contributed by atoms with Crippen LogP contribution in [0.3, 0.4) is 0 Å². The molecule has 0 saturated carbocycles. The lowest BCUT2D eigenvalue weighted by Crippen LogP contribution is -2.16. The van der Waals surface area contributed by atoms with Crippen LogP contribution in [0.15, 0.2) is 12.1 Å². The number of aromatic carboxylic acids is 1. The van der Waals surface area contributed by atoms with Gasteiger partial charge in [-0.1, -0.05) is 5.46 Å². The second-order valence-electron chi connectivity index (χ2n) is 2.67. The van der Waals surface area contributed by atoms with Gasteiger partial charge in [-0.15, -0.1) is 0 Å². The molecule has 3 N–H and O–H groups in total. The molecular weight excluding hydrogens is 167 g/mol. The van der Waals surface area contributed by atoms with Crippen LogP contribution in [-0.4, -0.2) is 18.9 Å². The average Bonchev–Trinajstić information content (AvgIpc) is 2.09. The number of nitriles is 1. The Balaban J connectivity index is 3.44. The van der Waals surface area contributed by atoms with E-state index in [2.05, 4.69) is 0 Å². The molecule has 1 aromatic carbocycles. The minimum Gasteiger partial charge on any atom is -0.478 e. The molecule has 0 bridgehead atoms. The minimum absolute atomic E-state index is 0.0171. The average molecular weight is 174 g/mol. The first-order valence-corrected chi connectivity index (χ1v) is 3.59. The van der Waals surface area contributed by atoms with Gasteiger partial charge in [-0.2, -0.15) is 5.26 Å². The van der Waals surface area contributed by atoms with E-state index >= 15 is 0 Å². The maximum atomic E-state index is 10.7. The number of nitrogens with two attached hydrogens (primary N) is 1. The van der Waals surface area contributed by atoms with E-state index in [0.717, 1.165) is 0 Å². The summed E-state index contributed by atoms with van der Waals surface area (Å²) in [6.07, 6.45) is 0. The molecule has 64 valence electrons. The molecular formula is C8H7BN2O2. The van der Waals surface area contributed by atoms with Crippen molar-refractivity contribution in [3.8, 4) is 6.07 Å². The van der Waals surface area contributed by atoms with Crippen molar-refractivity contribution < 1.29 is 9.90 Å². The van der Waals surface area contributed by atoms with Gasteiger partial charge in [0.1, 0.15) is 7.85 Å². The summed E-state index contributed by atoms with van der Waals surface area (Å²) in [5.74, 6) is -1.11. The lowest BCUT2D eigenvalue weighted by atomic mass is 9.90. The van der Waals surface area contributed by atoms with Gasteiger partial charge in [0.15, 0.2) is 0 Å². The third kappa shape index (κ3) is 1.62. The largest absolute Gasteiger partial charge is 0.478 e. The summed E-state index contributed by atoms with van der Waals surface area (Å²) in [6, 6.07) is 4.70. The topological polar surface area (TPSA) is 87.1 Å². The Bertz CT molecular complexity index is 409. The van der Waals surface area contributed by atoms with E-state index in [0.29, 0.717) is 11.0 Å². The number of nitrogen functional groups attached to an aromatic ring is 1. The van der Waals surface area contributed by atoms with Crippen molar-refractivity contribution in [2.24, 2.45) is 0 Å². The van der Waals surface area contributed by atoms with E-state index in [1.54, 1.807) is 13.9 Å². The van der Waals surface area contributed by atoms with E-state index < -0.39 is 5.97 Å². The van der Waals surface area contributed by atoms with Crippen molar-refractivity contribution in [1.29, 1.82) is 5.26 Å². The van der Waals surface area contributed by atoms with Crippen LogP contribution in [-0.2, 0) is 0 Å². The SMILES string of the molecule is Bc1cc(C#N)cc(C(=O)O)c1N. The number of hydrogen-bond donors (Lipinski definition) is 2. The molecule has 1 rings (SSSR count). The van der Waals surface area contributed by atoms with Gasteiger partial charge in [-0.05, 0) is 12.1 Å². The van der Waals surface area contributed by atoms with Crippen LogP contribution in [0.1, 0.15) is 15.9 Å². The number of rotatable bonds is 1. The van der Waals surface area contributed by atoms with Crippen LogP contribution in [0.25, 0.3) is 0 Å². The zero-order valence-electron chi connectivity index (χ0n) is 7.03. The Morgan fingerprint density at radius 2 is 2.23 bits per heavy atom. The molecule has 0 saturated heterocycles. The zero-order valence-corrected chi connectivity index (χ0v) is 7.03. The summed E-state index contributed by atoms with van der Waals surface area (Å²) in [5, 5.41) is 17.3. The standard InChI is InChI=1S/C8H7BN2O2/c9-6-2-4(3-10)1-5(7(6)11)8(12)13/h1-2H,9,11H2,(H,12,13). The quantitative estimate of drug-likeness (QED) is 0.426. The summed E-state index contributed by atoms with van der Waals surface area (Å²) in [6.45, 7) is 0. The highest BCUT2D eigenvalue weighted by atomic mass is 16.4. The molecule has 0 amide bonds. The summed E-state index contributed by atoms with van der Waals surface area (Å²) in [4.78, 5) is 10.7. The summed E-state index contributed by atoms with van der Waals surface area (Å²) in [7, 11) is 1.67. The number of carbonyl (C=O) groups is 1. The molecule has 5 heteroatoms. The molecule has 13 heavy (non-hydrogen) atoms. The first kappa shape index (κ1) is 9.14. The van der Waals surface area contributed by atoms with Gasteiger partial charge in [0.05, 0.1) is 17.2 Å². The molecule has 0 heterocycles. The van der Waals surface area contributed by atoms with E-state index in [9.17, 15) is 4.79 Å². The molecule has 0 unspecified atom stereocenters. The van der Waals surface area contributed by atoms with Crippen molar-refractivity contribution >= 4 is 25.0 Å². The lowest BCUT2D eigenvalue weighted by Gasteiger charge is -2.04. The highest BCUT2D eigenvalue weighted by molar-refractivity contribution is 6.36. The molecule has 0 spiro atoms. The number of benzene rings is 1. The van der Waals surface area contributed by atoms with Crippen LogP contribution >= 0.6 is 0 Å². The zero-order chi connectivity index (χ0) is 10.0. The third-order valence-electron chi connectivity index (χ3n) is 1.75. The summed E-state index contributed by atoms with van der Waals surface area (Å²) < 4.78 is 0. The van der Waals surface area contributed by atoms with Crippen LogP contribution in [0, 0.1) is 11.3 Å². The smallest absolute Gasteiger partial charge is 0.337 e. The number of anilines is 1. The molecule has 0 aliphatic heterocycles. The van der Waals surface area contributed by atoms with Crippen molar-refractivity contribution in [1.82, 2.24) is 0 Å². The van der Waals surface area contributed by atoms with Crippen LogP contribution < -0.4 is 11.2 Å². The fourth-order valence-corrected chi connectivity index (χ4v) is 1.04. The van der Waals surface area contributed by atoms with E-state index in [1.807, 2.05) is 6.07 Å². The summed E-state index contributed by atoms with van der Waals surface area (Å²) >= 11 is 0. The van der Waals surface area contributed by atoms with Crippen LogP contribution in [0.4, 0.5) is 5.69 Å². The van der Waals surface area contributed by atoms with Gasteiger partial charge in [0.2, 0.25) is 0 Å². The van der Waals surface area contributed by atoms with Gasteiger partial charge in [-0.25, -0.2) is 4.79 Å². The highest BCUT2D eigenvalue weighted by Crippen LogP contribution is 2.10. The van der Waals surface area contributed by atoms with Crippen molar-refractivity contribution in [2.45, 2.75) is 0 Å². The third-order valence-corrected chi connectivity index (χ3v) is 1.75. The maximum Gasteiger partial charge on any atom is 0.337 e. The normalized spacial score (nSPS) is 9.15. The van der Waals surface area contributed by atoms with Gasteiger partial charge < -0.3 is 10.8 Å². The van der Waals surface area contributed by atoms with Crippen molar-refractivity contribution in [3.63, 3.8) is 0 Å². The molecule has 1 aromatic rings. The molecule has 0 aromatic heterocycles. The fourth-order valence-electron chi connectivity index (χ4n) is 1.04. The monoisotopic (exact) mass is 174 g/mol.